The molecule has 1 aromatic carbocycles. The first-order valence-corrected chi connectivity index (χ1v) is 7.05. The predicted octanol–water partition coefficient (Wildman–Crippen LogP) is 2.83. The van der Waals surface area contributed by atoms with Crippen molar-refractivity contribution in [2.24, 2.45) is 0 Å². The lowest BCUT2D eigenvalue weighted by molar-refractivity contribution is 0.510. The first kappa shape index (κ1) is 14.7. The van der Waals surface area contributed by atoms with Crippen LogP contribution in [0.25, 0.3) is 0 Å². The molecular weight excluding hydrogens is 255 g/mol. The van der Waals surface area contributed by atoms with Gasteiger partial charge in [0.05, 0.1) is 17.9 Å². The third kappa shape index (κ3) is 3.04. The minimum Gasteiger partial charge on any atom is -0.305 e. The van der Waals surface area contributed by atoms with Gasteiger partial charge in [0.1, 0.15) is 5.82 Å². The molecule has 0 spiro atoms. The largest absolute Gasteiger partial charge is 0.305 e. The van der Waals surface area contributed by atoms with Crippen molar-refractivity contribution in [3.05, 3.63) is 47.0 Å². The lowest BCUT2D eigenvalue weighted by atomic mass is 9.98. The van der Waals surface area contributed by atoms with E-state index in [0.29, 0.717) is 0 Å². The highest BCUT2D eigenvalue weighted by Crippen LogP contribution is 2.25. The fourth-order valence-electron chi connectivity index (χ4n) is 2.42. The smallest absolute Gasteiger partial charge is 0.123 e. The molecule has 20 heavy (non-hydrogen) atoms. The fraction of sp³-hybridized carbons (Fsp3) is 0.467. The minimum atomic E-state index is -0.207. The summed E-state index contributed by atoms with van der Waals surface area (Å²) in [5.41, 5.74) is 3.01. The summed E-state index contributed by atoms with van der Waals surface area (Å²) in [5, 5.41) is 11.6. The Labute approximate surface area is 119 Å². The van der Waals surface area contributed by atoms with Gasteiger partial charge < -0.3 is 5.32 Å². The van der Waals surface area contributed by atoms with Gasteiger partial charge in [0.2, 0.25) is 0 Å². The molecule has 2 aromatic rings. The van der Waals surface area contributed by atoms with Crippen LogP contribution in [0.3, 0.4) is 0 Å². The van der Waals surface area contributed by atoms with Crippen molar-refractivity contribution >= 4 is 0 Å². The Morgan fingerprint density at radius 1 is 1.35 bits per heavy atom. The van der Waals surface area contributed by atoms with Crippen molar-refractivity contribution in [1.82, 2.24) is 20.3 Å². The van der Waals surface area contributed by atoms with Gasteiger partial charge in [-0.15, -0.1) is 5.10 Å². The predicted molar refractivity (Wildman–Crippen MR) is 77.0 cm³/mol. The Hall–Kier alpha value is -1.75. The number of halogens is 1. The van der Waals surface area contributed by atoms with E-state index in [0.717, 1.165) is 36.3 Å². The number of hydrogen-bond acceptors (Lipinski definition) is 3. The van der Waals surface area contributed by atoms with Crippen molar-refractivity contribution < 1.29 is 4.39 Å². The van der Waals surface area contributed by atoms with Crippen LogP contribution in [-0.2, 0) is 6.54 Å². The second-order valence-electron chi connectivity index (χ2n) is 4.87. The normalized spacial score (nSPS) is 12.6. The molecule has 0 aliphatic carbocycles. The van der Waals surface area contributed by atoms with Crippen LogP contribution < -0.4 is 5.32 Å². The zero-order valence-electron chi connectivity index (χ0n) is 12.2. The van der Waals surface area contributed by atoms with Crippen LogP contribution in [0, 0.1) is 12.7 Å². The van der Waals surface area contributed by atoms with E-state index in [4.69, 9.17) is 0 Å². The summed E-state index contributed by atoms with van der Waals surface area (Å²) in [4.78, 5) is 0. The Morgan fingerprint density at radius 3 is 2.80 bits per heavy atom. The van der Waals surface area contributed by atoms with Crippen LogP contribution in [0.4, 0.5) is 4.39 Å². The summed E-state index contributed by atoms with van der Waals surface area (Å²) in [5.74, 6) is -0.207. The summed E-state index contributed by atoms with van der Waals surface area (Å²) >= 11 is 0. The number of rotatable bonds is 6. The average Bonchev–Trinajstić information content (AvgIpc) is 2.85. The van der Waals surface area contributed by atoms with Gasteiger partial charge in [-0.2, -0.15) is 0 Å². The third-order valence-corrected chi connectivity index (χ3v) is 3.33. The van der Waals surface area contributed by atoms with E-state index < -0.39 is 0 Å². The lowest BCUT2D eigenvalue weighted by Crippen LogP contribution is -2.25. The first-order chi connectivity index (χ1) is 9.67. The van der Waals surface area contributed by atoms with E-state index in [1.54, 1.807) is 12.3 Å². The van der Waals surface area contributed by atoms with Crippen molar-refractivity contribution in [2.45, 2.75) is 39.8 Å². The molecule has 4 nitrogen and oxygen atoms in total. The number of aromatic nitrogens is 3. The maximum Gasteiger partial charge on any atom is 0.123 e. The minimum absolute atomic E-state index is 0.0119. The van der Waals surface area contributed by atoms with E-state index >= 15 is 0 Å². The molecule has 1 aromatic heterocycles. The summed E-state index contributed by atoms with van der Waals surface area (Å²) in [7, 11) is 0. The molecule has 2 rings (SSSR count). The van der Waals surface area contributed by atoms with E-state index in [1.165, 1.54) is 6.07 Å². The Kier molecular flexibility index (Phi) is 4.84. The SMILES string of the molecule is CCCn1nncc1C(NCC)c1ccc(F)cc1C. The zero-order chi connectivity index (χ0) is 14.5. The van der Waals surface area contributed by atoms with Gasteiger partial charge in [-0.3, -0.25) is 0 Å². The van der Waals surface area contributed by atoms with Crippen LogP contribution in [0.1, 0.15) is 43.1 Å². The quantitative estimate of drug-likeness (QED) is 0.882. The molecule has 0 amide bonds. The standard InChI is InChI=1S/C15H21FN4/c1-4-8-20-14(10-18-19-20)15(17-5-2)13-7-6-12(16)9-11(13)3/h6-7,9-10,15,17H,4-5,8H2,1-3H3. The third-order valence-electron chi connectivity index (χ3n) is 3.33. The van der Waals surface area contributed by atoms with Crippen molar-refractivity contribution in [3.63, 3.8) is 0 Å². The van der Waals surface area contributed by atoms with E-state index in [2.05, 4.69) is 29.5 Å². The number of nitrogens with zero attached hydrogens (tertiary/aromatic N) is 3. The van der Waals surface area contributed by atoms with Crippen molar-refractivity contribution in [2.75, 3.05) is 6.54 Å². The van der Waals surface area contributed by atoms with Gasteiger partial charge in [-0.25, -0.2) is 9.07 Å². The molecule has 0 bridgehead atoms. The number of aryl methyl sites for hydroxylation is 2. The molecule has 1 N–H and O–H groups in total. The lowest BCUT2D eigenvalue weighted by Gasteiger charge is -2.21. The molecule has 1 unspecified atom stereocenters. The highest BCUT2D eigenvalue weighted by molar-refractivity contribution is 5.34. The molecule has 5 heteroatoms. The van der Waals surface area contributed by atoms with Gasteiger partial charge in [0.15, 0.2) is 0 Å². The maximum absolute atomic E-state index is 13.3. The summed E-state index contributed by atoms with van der Waals surface area (Å²) in [6, 6.07) is 4.89. The van der Waals surface area contributed by atoms with E-state index in [-0.39, 0.29) is 11.9 Å². The summed E-state index contributed by atoms with van der Waals surface area (Å²) < 4.78 is 15.2. The number of benzene rings is 1. The number of nitrogens with one attached hydrogen (secondary N) is 1. The van der Waals surface area contributed by atoms with Gasteiger partial charge in [-0.05, 0) is 43.1 Å². The van der Waals surface area contributed by atoms with Crippen LogP contribution in [-0.4, -0.2) is 21.5 Å². The van der Waals surface area contributed by atoms with Crippen LogP contribution in [0.5, 0.6) is 0 Å². The molecule has 0 saturated carbocycles. The van der Waals surface area contributed by atoms with Crippen molar-refractivity contribution in [1.29, 1.82) is 0 Å². The molecule has 0 radical (unpaired) electrons. The zero-order valence-corrected chi connectivity index (χ0v) is 12.2. The molecule has 0 aliphatic rings. The van der Waals surface area contributed by atoms with Crippen LogP contribution >= 0.6 is 0 Å². The second-order valence-corrected chi connectivity index (χ2v) is 4.87. The summed E-state index contributed by atoms with van der Waals surface area (Å²) in [6.45, 7) is 7.74. The molecule has 0 aliphatic heterocycles. The Bertz CT molecular complexity index is 565. The van der Waals surface area contributed by atoms with Crippen LogP contribution in [0.15, 0.2) is 24.4 Å². The van der Waals surface area contributed by atoms with Gasteiger partial charge in [0, 0.05) is 6.54 Å². The molecule has 108 valence electrons. The molecule has 0 saturated heterocycles. The average molecular weight is 276 g/mol. The molecular formula is C15H21FN4. The molecule has 1 atom stereocenters. The summed E-state index contributed by atoms with van der Waals surface area (Å²) in [6.07, 6.45) is 2.78. The van der Waals surface area contributed by atoms with Gasteiger partial charge in [0.25, 0.3) is 0 Å². The molecule has 1 heterocycles. The highest BCUT2D eigenvalue weighted by Gasteiger charge is 2.20. The first-order valence-electron chi connectivity index (χ1n) is 7.05. The van der Waals surface area contributed by atoms with Crippen molar-refractivity contribution in [3.8, 4) is 0 Å². The Morgan fingerprint density at radius 2 is 2.15 bits per heavy atom. The van der Waals surface area contributed by atoms with Gasteiger partial charge >= 0.3 is 0 Å². The fourth-order valence-corrected chi connectivity index (χ4v) is 2.42. The van der Waals surface area contributed by atoms with E-state index in [9.17, 15) is 4.39 Å². The monoisotopic (exact) mass is 276 g/mol. The maximum atomic E-state index is 13.3. The Balaban J connectivity index is 2.42. The van der Waals surface area contributed by atoms with E-state index in [1.807, 2.05) is 17.7 Å². The second kappa shape index (κ2) is 6.61. The van der Waals surface area contributed by atoms with Gasteiger partial charge in [-0.1, -0.05) is 25.1 Å². The number of hydrogen-bond donors (Lipinski definition) is 1. The highest BCUT2D eigenvalue weighted by atomic mass is 19.1. The topological polar surface area (TPSA) is 42.7 Å². The molecule has 0 fully saturated rings. The van der Waals surface area contributed by atoms with Crippen LogP contribution in [0.2, 0.25) is 0 Å².